The summed E-state index contributed by atoms with van der Waals surface area (Å²) in [7, 11) is 0. The molecule has 2 aromatic rings. The summed E-state index contributed by atoms with van der Waals surface area (Å²) < 4.78 is 0. The largest absolute Gasteiger partial charge is 0.366 e. The lowest BCUT2D eigenvalue weighted by atomic mass is 10.0. The van der Waals surface area contributed by atoms with Crippen molar-refractivity contribution in [3.8, 4) is 11.4 Å². The van der Waals surface area contributed by atoms with Gasteiger partial charge in [0.05, 0.1) is 0 Å². The Kier molecular flexibility index (Phi) is 2.41. The molecule has 4 nitrogen and oxygen atoms in total. The monoisotopic (exact) mass is 202 g/mol. The van der Waals surface area contributed by atoms with E-state index in [2.05, 4.69) is 41.2 Å². The lowest BCUT2D eigenvalue weighted by Crippen LogP contribution is -1.89. The van der Waals surface area contributed by atoms with E-state index < -0.39 is 0 Å². The van der Waals surface area contributed by atoms with Gasteiger partial charge in [-0.1, -0.05) is 32.0 Å². The van der Waals surface area contributed by atoms with Gasteiger partial charge in [0.1, 0.15) is 0 Å². The van der Waals surface area contributed by atoms with Crippen LogP contribution in [0, 0.1) is 0 Å². The summed E-state index contributed by atoms with van der Waals surface area (Å²) in [6, 6.07) is 8.22. The van der Waals surface area contributed by atoms with Crippen molar-refractivity contribution < 1.29 is 0 Å². The second kappa shape index (κ2) is 3.73. The van der Waals surface area contributed by atoms with Crippen molar-refractivity contribution in [1.82, 2.24) is 15.2 Å². The van der Waals surface area contributed by atoms with E-state index in [-0.39, 0.29) is 5.95 Å². The molecule has 0 aliphatic carbocycles. The predicted molar refractivity (Wildman–Crippen MR) is 60.3 cm³/mol. The van der Waals surface area contributed by atoms with Crippen molar-refractivity contribution in [3.63, 3.8) is 0 Å². The van der Waals surface area contributed by atoms with E-state index in [9.17, 15) is 0 Å². The first-order chi connectivity index (χ1) is 7.16. The second-order valence-electron chi connectivity index (χ2n) is 3.82. The Hall–Kier alpha value is -1.84. The molecule has 0 atom stereocenters. The highest BCUT2D eigenvalue weighted by Gasteiger charge is 2.05. The number of nitrogen functional groups attached to an aromatic ring is 1. The van der Waals surface area contributed by atoms with E-state index in [1.165, 1.54) is 5.56 Å². The van der Waals surface area contributed by atoms with E-state index in [4.69, 9.17) is 5.73 Å². The average Bonchev–Trinajstić information content (AvgIpc) is 2.65. The summed E-state index contributed by atoms with van der Waals surface area (Å²) in [4.78, 5) is 4.09. The first-order valence-electron chi connectivity index (χ1n) is 4.95. The number of nitrogens with two attached hydrogens (primary N) is 1. The van der Waals surface area contributed by atoms with Crippen LogP contribution in [0.1, 0.15) is 25.3 Å². The normalized spacial score (nSPS) is 10.9. The highest BCUT2D eigenvalue weighted by molar-refractivity contribution is 5.57. The van der Waals surface area contributed by atoms with Crippen molar-refractivity contribution in [2.45, 2.75) is 19.8 Å². The van der Waals surface area contributed by atoms with Crippen LogP contribution in [0.5, 0.6) is 0 Å². The Bertz CT molecular complexity index is 459. The molecular weight excluding hydrogens is 188 g/mol. The number of rotatable bonds is 2. The number of aromatic amines is 1. The molecule has 0 spiro atoms. The van der Waals surface area contributed by atoms with E-state index in [0.29, 0.717) is 5.92 Å². The van der Waals surface area contributed by atoms with E-state index in [1.807, 2.05) is 12.1 Å². The first-order valence-corrected chi connectivity index (χ1v) is 4.95. The highest BCUT2D eigenvalue weighted by atomic mass is 15.3. The minimum atomic E-state index is 0.278. The minimum Gasteiger partial charge on any atom is -0.366 e. The Balaban J connectivity index is 2.41. The number of hydrogen-bond acceptors (Lipinski definition) is 3. The average molecular weight is 202 g/mol. The van der Waals surface area contributed by atoms with Gasteiger partial charge in [-0.3, -0.25) is 5.10 Å². The topological polar surface area (TPSA) is 67.6 Å². The molecule has 0 unspecified atom stereocenters. The molecule has 1 heterocycles. The number of benzene rings is 1. The summed E-state index contributed by atoms with van der Waals surface area (Å²) in [6.45, 7) is 4.32. The maximum atomic E-state index is 5.46. The van der Waals surface area contributed by atoms with Crippen molar-refractivity contribution in [2.24, 2.45) is 0 Å². The van der Waals surface area contributed by atoms with Crippen molar-refractivity contribution in [2.75, 3.05) is 5.73 Å². The van der Waals surface area contributed by atoms with Crippen LogP contribution in [0.25, 0.3) is 11.4 Å². The molecule has 0 fully saturated rings. The number of nitrogens with zero attached hydrogens (tertiary/aromatic N) is 2. The van der Waals surface area contributed by atoms with Crippen LogP contribution in [-0.2, 0) is 0 Å². The highest BCUT2D eigenvalue weighted by Crippen LogP contribution is 2.21. The van der Waals surface area contributed by atoms with Gasteiger partial charge in [0.2, 0.25) is 5.95 Å². The zero-order valence-electron chi connectivity index (χ0n) is 8.86. The Morgan fingerprint density at radius 2 is 2.13 bits per heavy atom. The molecule has 0 saturated carbocycles. The standard InChI is InChI=1S/C11H14N4/c1-7(2)8-4-3-5-9(6-8)10-13-11(12)15-14-10/h3-7H,1-2H3,(H3,12,13,14,15). The fourth-order valence-corrected chi connectivity index (χ4v) is 1.45. The summed E-state index contributed by atoms with van der Waals surface area (Å²) in [6.07, 6.45) is 0. The number of hydrogen-bond donors (Lipinski definition) is 2. The molecule has 0 aliphatic rings. The van der Waals surface area contributed by atoms with Gasteiger partial charge in [-0.25, -0.2) is 0 Å². The smallest absolute Gasteiger partial charge is 0.239 e. The van der Waals surface area contributed by atoms with E-state index >= 15 is 0 Å². The third kappa shape index (κ3) is 1.98. The molecule has 78 valence electrons. The molecule has 0 aliphatic heterocycles. The molecule has 1 aromatic heterocycles. The fraction of sp³-hybridized carbons (Fsp3) is 0.273. The van der Waals surface area contributed by atoms with Crippen LogP contribution in [0.3, 0.4) is 0 Å². The third-order valence-corrected chi connectivity index (χ3v) is 2.33. The predicted octanol–water partition coefficient (Wildman–Crippen LogP) is 2.18. The Morgan fingerprint density at radius 3 is 2.73 bits per heavy atom. The summed E-state index contributed by atoms with van der Waals surface area (Å²) in [5.41, 5.74) is 7.76. The second-order valence-corrected chi connectivity index (χ2v) is 3.82. The number of nitrogens with one attached hydrogen (secondary N) is 1. The molecule has 0 saturated heterocycles. The van der Waals surface area contributed by atoms with Gasteiger partial charge in [0.15, 0.2) is 5.82 Å². The van der Waals surface area contributed by atoms with E-state index in [1.54, 1.807) is 0 Å². The zero-order valence-corrected chi connectivity index (χ0v) is 8.86. The SMILES string of the molecule is CC(C)c1cccc(-c2nc(N)n[nH]2)c1. The van der Waals surface area contributed by atoms with Crippen LogP contribution >= 0.6 is 0 Å². The molecule has 3 N–H and O–H groups in total. The molecule has 2 rings (SSSR count). The summed E-state index contributed by atoms with van der Waals surface area (Å²) in [5, 5.41) is 6.61. The lowest BCUT2D eigenvalue weighted by Gasteiger charge is -2.05. The molecule has 4 heteroatoms. The number of H-pyrrole nitrogens is 1. The zero-order chi connectivity index (χ0) is 10.8. The Labute approximate surface area is 88.5 Å². The summed E-state index contributed by atoms with van der Waals surface area (Å²) in [5.74, 6) is 1.50. The quantitative estimate of drug-likeness (QED) is 0.784. The maximum Gasteiger partial charge on any atom is 0.239 e. The van der Waals surface area contributed by atoms with Crippen LogP contribution < -0.4 is 5.73 Å². The molecule has 1 aromatic carbocycles. The van der Waals surface area contributed by atoms with Crippen molar-refractivity contribution >= 4 is 5.95 Å². The van der Waals surface area contributed by atoms with Crippen LogP contribution in [0.4, 0.5) is 5.95 Å². The van der Waals surface area contributed by atoms with Gasteiger partial charge in [-0.05, 0) is 17.5 Å². The lowest BCUT2D eigenvalue weighted by molar-refractivity contribution is 0.867. The molecular formula is C11H14N4. The van der Waals surface area contributed by atoms with Crippen LogP contribution in [-0.4, -0.2) is 15.2 Å². The van der Waals surface area contributed by atoms with Crippen LogP contribution in [0.15, 0.2) is 24.3 Å². The molecule has 0 bridgehead atoms. The van der Waals surface area contributed by atoms with Gasteiger partial charge >= 0.3 is 0 Å². The number of anilines is 1. The Morgan fingerprint density at radius 1 is 1.33 bits per heavy atom. The van der Waals surface area contributed by atoms with Gasteiger partial charge < -0.3 is 5.73 Å². The van der Waals surface area contributed by atoms with E-state index in [0.717, 1.165) is 11.4 Å². The van der Waals surface area contributed by atoms with Crippen molar-refractivity contribution in [1.29, 1.82) is 0 Å². The first kappa shape index (κ1) is 9.71. The fourth-order valence-electron chi connectivity index (χ4n) is 1.45. The summed E-state index contributed by atoms with van der Waals surface area (Å²) >= 11 is 0. The van der Waals surface area contributed by atoms with Gasteiger partial charge in [0.25, 0.3) is 0 Å². The number of aromatic nitrogens is 3. The minimum absolute atomic E-state index is 0.278. The molecule has 15 heavy (non-hydrogen) atoms. The van der Waals surface area contributed by atoms with Gasteiger partial charge in [-0.15, -0.1) is 5.10 Å². The molecule has 0 amide bonds. The molecule has 0 radical (unpaired) electrons. The van der Waals surface area contributed by atoms with Gasteiger partial charge in [0, 0.05) is 5.56 Å². The van der Waals surface area contributed by atoms with Crippen LogP contribution in [0.2, 0.25) is 0 Å². The van der Waals surface area contributed by atoms with Gasteiger partial charge in [-0.2, -0.15) is 4.98 Å². The van der Waals surface area contributed by atoms with Crippen molar-refractivity contribution in [3.05, 3.63) is 29.8 Å². The third-order valence-electron chi connectivity index (χ3n) is 2.33. The maximum absolute atomic E-state index is 5.46.